The number of carboxylic acid groups (broad SMARTS) is 1. The molecule has 4 fully saturated rings. The molecule has 440 valence electrons. The van der Waals surface area contributed by atoms with Crippen LogP contribution in [-0.4, -0.2) is 189 Å². The van der Waals surface area contributed by atoms with Crippen molar-refractivity contribution in [3.05, 3.63) is 39.1 Å². The molecule has 0 bridgehead atoms. The molecule has 22 nitrogen and oxygen atoms in total. The largest absolute Gasteiger partial charge is 0.490 e. The Balaban J connectivity index is 1.18. The Labute approximate surface area is 461 Å². The molecule has 6 N–H and O–H groups in total. The lowest BCUT2D eigenvalue weighted by Gasteiger charge is -2.49. The number of aromatic carboxylic acids is 1. The van der Waals surface area contributed by atoms with Gasteiger partial charge in [-0.2, -0.15) is 0 Å². The number of esters is 2. The van der Waals surface area contributed by atoms with E-state index < -0.39 is 119 Å². The lowest BCUT2D eigenvalue weighted by atomic mass is 9.73. The summed E-state index contributed by atoms with van der Waals surface area (Å²) in [5, 5.41) is 72.1. The molecule has 1 aliphatic carbocycles. The number of rotatable bonds is 17. The highest BCUT2D eigenvalue weighted by atomic mass is 35.5. The number of cyclic esters (lactones) is 1. The maximum Gasteiger partial charge on any atom is 0.341 e. The number of pyridine rings is 1. The molecular weight excluding hydrogens is 1040 g/mol. The first kappa shape index (κ1) is 63.1. The van der Waals surface area contributed by atoms with Crippen LogP contribution in [0.3, 0.4) is 0 Å². The van der Waals surface area contributed by atoms with E-state index in [4.69, 9.17) is 54.2 Å². The van der Waals surface area contributed by atoms with Gasteiger partial charge in [-0.05, 0) is 99.9 Å². The zero-order chi connectivity index (χ0) is 57.9. The van der Waals surface area contributed by atoms with Crippen molar-refractivity contribution >= 4 is 46.1 Å². The average molecular weight is 1130 g/mol. The van der Waals surface area contributed by atoms with Crippen molar-refractivity contribution in [1.29, 1.82) is 0 Å². The van der Waals surface area contributed by atoms with Crippen molar-refractivity contribution in [2.75, 3.05) is 41.0 Å². The Morgan fingerprint density at radius 2 is 1.62 bits per heavy atom. The van der Waals surface area contributed by atoms with Crippen molar-refractivity contribution in [3.8, 4) is 5.75 Å². The van der Waals surface area contributed by atoms with Gasteiger partial charge in [0.05, 0.1) is 83.3 Å². The summed E-state index contributed by atoms with van der Waals surface area (Å²) in [7, 11) is 5.11. The highest BCUT2D eigenvalue weighted by Gasteiger charge is 2.54. The van der Waals surface area contributed by atoms with Gasteiger partial charge in [-0.3, -0.25) is 14.4 Å². The summed E-state index contributed by atoms with van der Waals surface area (Å²) in [5.41, 5.74) is -5.56. The van der Waals surface area contributed by atoms with E-state index in [1.807, 2.05) is 25.9 Å². The van der Waals surface area contributed by atoms with Crippen LogP contribution < -0.4 is 10.2 Å². The number of nitrogens with zero attached hydrogens (tertiary/aromatic N) is 3. The Morgan fingerprint density at radius 3 is 2.22 bits per heavy atom. The number of benzene rings is 1. The minimum absolute atomic E-state index is 0.0137. The number of fused-ring (bicyclic) bond motifs is 1. The van der Waals surface area contributed by atoms with E-state index in [1.54, 1.807) is 59.1 Å². The number of aliphatic hydroxyl groups is 4. The third-order valence-electron chi connectivity index (χ3n) is 16.4. The molecule has 4 heterocycles. The number of carboxylic acids is 1. The number of ether oxygens (including phenoxy) is 9. The van der Waals surface area contributed by atoms with Crippen molar-refractivity contribution in [3.63, 3.8) is 0 Å². The van der Waals surface area contributed by atoms with Gasteiger partial charge >= 0.3 is 17.9 Å². The zero-order valence-electron chi connectivity index (χ0n) is 47.3. The number of hydrogen-bond donors (Lipinski definition) is 6. The normalized spacial score (nSPS) is 38.0. The van der Waals surface area contributed by atoms with Crippen LogP contribution in [0.25, 0.3) is 10.9 Å². The summed E-state index contributed by atoms with van der Waals surface area (Å²) in [6.07, 6.45) is -7.83. The van der Waals surface area contributed by atoms with Gasteiger partial charge in [0.1, 0.15) is 41.3 Å². The van der Waals surface area contributed by atoms with Crippen molar-refractivity contribution in [2.45, 2.75) is 204 Å². The number of oxime groups is 1. The maximum absolute atomic E-state index is 14.5. The fourth-order valence-corrected chi connectivity index (χ4v) is 12.0. The number of likely N-dealkylation sites (N-methyl/N-ethyl adjacent to an activating group) is 1. The predicted molar refractivity (Wildman–Crippen MR) is 284 cm³/mol. The SMILES string of the molecule is CC[C@H]1OC(=O)[C@H](C)C(O[C@H]2C[C@@](C)(OC)[C@@H](OC(=O)CCOCCOc3cc4c(=O)c(C(=O)O)cn(C5CC5)c4cc3Cl)[C@H](C)O2)[C@H](C)[C@@H](O[C@@H]2O[C@H](C)C[C@H](N(C)C)[C@H]2O)[C@](C)(O)C[C@@H](C)/C(=N\O)[C@H](C)[C@@H](O)[C@]1(C)O. The van der Waals surface area contributed by atoms with E-state index in [1.165, 1.54) is 33.2 Å². The first-order chi connectivity index (χ1) is 36.5. The van der Waals surface area contributed by atoms with E-state index in [-0.39, 0.29) is 91.1 Å². The Morgan fingerprint density at radius 1 is 0.936 bits per heavy atom. The molecule has 0 radical (unpaired) electrons. The smallest absolute Gasteiger partial charge is 0.341 e. The van der Waals surface area contributed by atoms with Crippen molar-refractivity contribution in [2.24, 2.45) is 28.8 Å². The van der Waals surface area contributed by atoms with Crippen molar-refractivity contribution < 1.29 is 87.8 Å². The first-order valence-electron chi connectivity index (χ1n) is 27.1. The summed E-state index contributed by atoms with van der Waals surface area (Å²) in [6, 6.07) is 2.70. The molecule has 1 saturated carbocycles. The van der Waals surface area contributed by atoms with Crippen LogP contribution >= 0.6 is 11.6 Å². The van der Waals surface area contributed by atoms with Crippen LogP contribution in [0, 0.1) is 23.7 Å². The quantitative estimate of drug-likeness (QED) is 0.0521. The number of hydrogen-bond acceptors (Lipinski definition) is 20. The van der Waals surface area contributed by atoms with Crippen LogP contribution in [0.4, 0.5) is 0 Å². The fourth-order valence-electron chi connectivity index (χ4n) is 11.8. The minimum Gasteiger partial charge on any atom is -0.490 e. The van der Waals surface area contributed by atoms with Gasteiger partial charge in [0.25, 0.3) is 0 Å². The van der Waals surface area contributed by atoms with Crippen LogP contribution in [0.2, 0.25) is 5.02 Å². The molecule has 1 aromatic carbocycles. The van der Waals surface area contributed by atoms with Crippen molar-refractivity contribution in [1.82, 2.24) is 9.47 Å². The second-order valence-electron chi connectivity index (χ2n) is 22.9. The number of aromatic nitrogens is 1. The molecule has 2 aromatic rings. The second kappa shape index (κ2) is 25.8. The number of methoxy groups -OCH3 is 1. The number of carbonyl (C=O) groups is 3. The molecule has 6 rings (SSSR count). The summed E-state index contributed by atoms with van der Waals surface area (Å²) >= 11 is 6.55. The summed E-state index contributed by atoms with van der Waals surface area (Å²) in [6.45, 7) is 16.3. The molecule has 3 saturated heterocycles. The fraction of sp³-hybridized carbons (Fsp3) is 0.764. The minimum atomic E-state index is -2.04. The second-order valence-corrected chi connectivity index (χ2v) is 23.3. The van der Waals surface area contributed by atoms with Crippen LogP contribution in [0.15, 0.2) is 28.3 Å². The van der Waals surface area contributed by atoms with Gasteiger partial charge in [0, 0.05) is 49.6 Å². The van der Waals surface area contributed by atoms with E-state index in [9.17, 15) is 49.9 Å². The molecule has 0 spiro atoms. The monoisotopic (exact) mass is 1130 g/mol. The number of halogens is 1. The molecule has 18 atom stereocenters. The predicted octanol–water partition coefficient (Wildman–Crippen LogP) is 5.08. The average Bonchev–Trinajstić information content (AvgIpc) is 4.32. The van der Waals surface area contributed by atoms with Crippen LogP contribution in [0.1, 0.15) is 131 Å². The Hall–Kier alpha value is -4.04. The van der Waals surface area contributed by atoms with Crippen LogP contribution in [-0.2, 0) is 47.5 Å². The lowest BCUT2D eigenvalue weighted by Crippen LogP contribution is -2.61. The van der Waals surface area contributed by atoms with E-state index in [0.29, 0.717) is 11.9 Å². The molecular formula is C55H84ClN3O19. The molecule has 0 amide bonds. The molecule has 3 aliphatic heterocycles. The Bertz CT molecular complexity index is 2500. The number of carbonyl (C=O) groups excluding carboxylic acids is 2. The summed E-state index contributed by atoms with van der Waals surface area (Å²) in [5.74, 6) is -6.45. The molecule has 78 heavy (non-hydrogen) atoms. The number of aliphatic hydroxyl groups excluding tert-OH is 2. The van der Waals surface area contributed by atoms with E-state index in [2.05, 4.69) is 5.16 Å². The third kappa shape index (κ3) is 14.0. The van der Waals surface area contributed by atoms with Gasteiger partial charge in [-0.1, -0.05) is 44.5 Å². The molecule has 23 heteroatoms. The third-order valence-corrected chi connectivity index (χ3v) is 16.7. The molecule has 4 aliphatic rings. The summed E-state index contributed by atoms with van der Waals surface area (Å²) in [4.78, 5) is 54.8. The highest BCUT2D eigenvalue weighted by Crippen LogP contribution is 2.43. The lowest BCUT2D eigenvalue weighted by molar-refractivity contribution is -0.318. The van der Waals surface area contributed by atoms with Gasteiger partial charge in [-0.25, -0.2) is 4.79 Å². The van der Waals surface area contributed by atoms with Gasteiger partial charge in [0.15, 0.2) is 18.7 Å². The van der Waals surface area contributed by atoms with Gasteiger partial charge in [0.2, 0.25) is 5.43 Å². The summed E-state index contributed by atoms with van der Waals surface area (Å²) < 4.78 is 57.7. The van der Waals surface area contributed by atoms with Gasteiger partial charge in [-0.15, -0.1) is 0 Å². The zero-order valence-corrected chi connectivity index (χ0v) is 48.0. The van der Waals surface area contributed by atoms with E-state index >= 15 is 0 Å². The first-order valence-corrected chi connectivity index (χ1v) is 27.5. The molecule has 1 unspecified atom stereocenters. The standard InChI is InChI=1S/C55H84ClN3O19/c1-14-40-55(10,68)47(63)29(4)43(57-69)27(2)24-53(8,67)48(78-52-45(62)38(58(11)12)21-28(3)73-52)30(5)46(31(6)51(66)75-40)77-42-25-54(9,70-13)49(32(7)74-42)76-41(60)17-18-71-19-20-72-39-22-34-37(23-36(39)56)59(33-15-16-33)26-35(44(34)61)50(64)65/h22-23,26-33,38,40,42,45-49,52,62-63,67-69H,14-21,24-25H2,1-13H3,(H,64,65)/b57-43+/t27-,28-,29+,30+,31-,32+,38+,40-,42+,45-,46?,47-,48-,49+,52+,53-,54-,55-/m1/s1. The van der Waals surface area contributed by atoms with Gasteiger partial charge < -0.3 is 82.8 Å². The van der Waals surface area contributed by atoms with Crippen LogP contribution in [0.5, 0.6) is 5.75 Å². The Kier molecular flexibility index (Phi) is 20.9. The maximum atomic E-state index is 14.5. The van der Waals surface area contributed by atoms with E-state index in [0.717, 1.165) is 12.8 Å². The highest BCUT2D eigenvalue weighted by molar-refractivity contribution is 6.32. The topological polar surface area (TPSA) is 293 Å². The molecule has 1 aromatic heterocycles.